The molecule has 106 valence electrons. The summed E-state index contributed by atoms with van der Waals surface area (Å²) in [5, 5.41) is 7.03. The molecule has 1 aromatic carbocycles. The second kappa shape index (κ2) is 5.24. The molecule has 0 aliphatic rings. The fraction of sp³-hybridized carbons (Fsp3) is 0.133. The first kappa shape index (κ1) is 13.1. The van der Waals surface area contributed by atoms with E-state index in [1.807, 2.05) is 19.1 Å². The van der Waals surface area contributed by atoms with Gasteiger partial charge in [-0.2, -0.15) is 5.10 Å². The number of imidazole rings is 1. The van der Waals surface area contributed by atoms with E-state index in [1.54, 1.807) is 42.1 Å². The van der Waals surface area contributed by atoms with Gasteiger partial charge in [-0.3, -0.25) is 4.79 Å². The Hall–Kier alpha value is -2.89. The van der Waals surface area contributed by atoms with Crippen LogP contribution in [0, 0.1) is 6.92 Å². The standard InChI is InChI=1S/C15H14N4O2/c1-10-9-19-14(16-10)7-6-13(18-19)15(20)17-11-4-3-5-12(8-11)21-2/h3-9H,1-2H3,(H,17,20). The van der Waals surface area contributed by atoms with Crippen LogP contribution in [-0.4, -0.2) is 27.6 Å². The molecule has 0 spiro atoms. The van der Waals surface area contributed by atoms with Crippen LogP contribution in [0.5, 0.6) is 5.75 Å². The topological polar surface area (TPSA) is 68.5 Å². The van der Waals surface area contributed by atoms with E-state index >= 15 is 0 Å². The van der Waals surface area contributed by atoms with Crippen LogP contribution >= 0.6 is 0 Å². The fourth-order valence-corrected chi connectivity index (χ4v) is 2.02. The molecule has 0 aliphatic heterocycles. The summed E-state index contributed by atoms with van der Waals surface area (Å²) >= 11 is 0. The highest BCUT2D eigenvalue weighted by molar-refractivity contribution is 6.02. The molecule has 0 unspecified atom stereocenters. The SMILES string of the molecule is COc1cccc(NC(=O)c2ccc3nc(C)cn3n2)c1. The first-order chi connectivity index (χ1) is 10.2. The number of carbonyl (C=O) groups is 1. The Morgan fingerprint density at radius 3 is 2.95 bits per heavy atom. The molecule has 0 fully saturated rings. The molecular formula is C15H14N4O2. The predicted octanol–water partition coefficient (Wildman–Crippen LogP) is 2.30. The monoisotopic (exact) mass is 282 g/mol. The number of aromatic nitrogens is 3. The number of carbonyl (C=O) groups excluding carboxylic acids is 1. The van der Waals surface area contributed by atoms with Gasteiger partial charge in [0.25, 0.3) is 5.91 Å². The molecule has 0 atom stereocenters. The number of amides is 1. The van der Waals surface area contributed by atoms with Crippen LogP contribution in [0.3, 0.4) is 0 Å². The van der Waals surface area contributed by atoms with Crippen molar-refractivity contribution in [2.24, 2.45) is 0 Å². The molecule has 0 saturated heterocycles. The molecule has 2 aromatic heterocycles. The molecule has 0 radical (unpaired) electrons. The first-order valence-electron chi connectivity index (χ1n) is 6.44. The maximum absolute atomic E-state index is 12.2. The third-order valence-corrected chi connectivity index (χ3v) is 3.00. The first-order valence-corrected chi connectivity index (χ1v) is 6.44. The molecule has 1 N–H and O–H groups in total. The maximum Gasteiger partial charge on any atom is 0.276 e. The van der Waals surface area contributed by atoms with Gasteiger partial charge in [-0.05, 0) is 31.2 Å². The van der Waals surface area contributed by atoms with Crippen molar-refractivity contribution in [2.75, 3.05) is 12.4 Å². The number of benzene rings is 1. The quantitative estimate of drug-likeness (QED) is 0.800. The Morgan fingerprint density at radius 1 is 1.29 bits per heavy atom. The van der Waals surface area contributed by atoms with Crippen molar-refractivity contribution in [1.29, 1.82) is 0 Å². The van der Waals surface area contributed by atoms with Gasteiger partial charge in [0, 0.05) is 11.8 Å². The van der Waals surface area contributed by atoms with Gasteiger partial charge < -0.3 is 10.1 Å². The van der Waals surface area contributed by atoms with E-state index in [1.165, 1.54) is 0 Å². The summed E-state index contributed by atoms with van der Waals surface area (Å²) in [4.78, 5) is 16.5. The third kappa shape index (κ3) is 2.69. The number of fused-ring (bicyclic) bond motifs is 1. The molecule has 3 rings (SSSR count). The van der Waals surface area contributed by atoms with E-state index in [2.05, 4.69) is 15.4 Å². The van der Waals surface area contributed by atoms with E-state index in [0.717, 1.165) is 5.69 Å². The van der Waals surface area contributed by atoms with Gasteiger partial charge in [0.05, 0.1) is 19.0 Å². The van der Waals surface area contributed by atoms with Crippen molar-refractivity contribution in [2.45, 2.75) is 6.92 Å². The molecule has 6 nitrogen and oxygen atoms in total. The van der Waals surface area contributed by atoms with E-state index in [0.29, 0.717) is 22.8 Å². The van der Waals surface area contributed by atoms with Crippen LogP contribution in [0.15, 0.2) is 42.6 Å². The lowest BCUT2D eigenvalue weighted by Gasteiger charge is -2.06. The van der Waals surface area contributed by atoms with Crippen molar-refractivity contribution < 1.29 is 9.53 Å². The molecule has 2 heterocycles. The lowest BCUT2D eigenvalue weighted by molar-refractivity contribution is 0.102. The highest BCUT2D eigenvalue weighted by atomic mass is 16.5. The lowest BCUT2D eigenvalue weighted by atomic mass is 10.3. The van der Waals surface area contributed by atoms with Crippen molar-refractivity contribution in [3.05, 3.63) is 54.0 Å². The van der Waals surface area contributed by atoms with Crippen LogP contribution < -0.4 is 10.1 Å². The lowest BCUT2D eigenvalue weighted by Crippen LogP contribution is -2.15. The van der Waals surface area contributed by atoms with Crippen molar-refractivity contribution in [1.82, 2.24) is 14.6 Å². The number of methoxy groups -OCH3 is 1. The molecule has 0 saturated carbocycles. The van der Waals surface area contributed by atoms with Crippen LogP contribution in [0.4, 0.5) is 5.69 Å². The van der Waals surface area contributed by atoms with E-state index in [4.69, 9.17) is 4.74 Å². The summed E-state index contributed by atoms with van der Waals surface area (Å²) in [7, 11) is 1.58. The number of nitrogens with one attached hydrogen (secondary N) is 1. The number of anilines is 1. The fourth-order valence-electron chi connectivity index (χ4n) is 2.02. The largest absolute Gasteiger partial charge is 0.497 e. The zero-order valence-corrected chi connectivity index (χ0v) is 11.7. The average Bonchev–Trinajstić information content (AvgIpc) is 2.86. The van der Waals surface area contributed by atoms with Crippen molar-refractivity contribution in [3.63, 3.8) is 0 Å². The zero-order chi connectivity index (χ0) is 14.8. The Balaban J connectivity index is 1.85. The minimum absolute atomic E-state index is 0.281. The predicted molar refractivity (Wildman–Crippen MR) is 78.7 cm³/mol. The number of rotatable bonds is 3. The molecule has 6 heteroatoms. The number of aryl methyl sites for hydroxylation is 1. The zero-order valence-electron chi connectivity index (χ0n) is 11.7. The minimum atomic E-state index is -0.281. The summed E-state index contributed by atoms with van der Waals surface area (Å²) in [6.07, 6.45) is 1.78. The molecule has 3 aromatic rings. The van der Waals surface area contributed by atoms with Crippen LogP contribution in [-0.2, 0) is 0 Å². The van der Waals surface area contributed by atoms with Gasteiger partial charge >= 0.3 is 0 Å². The molecule has 0 bridgehead atoms. The third-order valence-electron chi connectivity index (χ3n) is 3.00. The Morgan fingerprint density at radius 2 is 2.14 bits per heavy atom. The number of hydrogen-bond acceptors (Lipinski definition) is 4. The van der Waals surface area contributed by atoms with Gasteiger partial charge in [-0.15, -0.1) is 0 Å². The van der Waals surface area contributed by atoms with Gasteiger partial charge in [-0.1, -0.05) is 6.07 Å². The molecule has 0 aliphatic carbocycles. The van der Waals surface area contributed by atoms with Crippen molar-refractivity contribution in [3.8, 4) is 5.75 Å². The molecule has 1 amide bonds. The average molecular weight is 282 g/mol. The van der Waals surface area contributed by atoms with Gasteiger partial charge in [-0.25, -0.2) is 9.50 Å². The van der Waals surface area contributed by atoms with Gasteiger partial charge in [0.2, 0.25) is 0 Å². The Labute approximate surface area is 121 Å². The van der Waals surface area contributed by atoms with Crippen LogP contribution in [0.2, 0.25) is 0 Å². The number of ether oxygens (including phenoxy) is 1. The Kier molecular flexibility index (Phi) is 3.27. The van der Waals surface area contributed by atoms with E-state index in [-0.39, 0.29) is 5.91 Å². The maximum atomic E-state index is 12.2. The second-order valence-electron chi connectivity index (χ2n) is 4.59. The van der Waals surface area contributed by atoms with E-state index < -0.39 is 0 Å². The summed E-state index contributed by atoms with van der Waals surface area (Å²) in [5.74, 6) is 0.401. The highest BCUT2D eigenvalue weighted by Gasteiger charge is 2.10. The molecule has 21 heavy (non-hydrogen) atoms. The summed E-state index contributed by atoms with van der Waals surface area (Å²) in [6, 6.07) is 10.6. The number of nitrogens with zero attached hydrogens (tertiary/aromatic N) is 3. The van der Waals surface area contributed by atoms with Gasteiger partial charge in [0.1, 0.15) is 11.4 Å². The summed E-state index contributed by atoms with van der Waals surface area (Å²) in [5.41, 5.74) is 2.55. The smallest absolute Gasteiger partial charge is 0.276 e. The van der Waals surface area contributed by atoms with Gasteiger partial charge in [0.15, 0.2) is 5.65 Å². The normalized spacial score (nSPS) is 10.6. The minimum Gasteiger partial charge on any atom is -0.497 e. The summed E-state index contributed by atoms with van der Waals surface area (Å²) in [6.45, 7) is 1.88. The van der Waals surface area contributed by atoms with Crippen molar-refractivity contribution >= 4 is 17.2 Å². The number of hydrogen-bond donors (Lipinski definition) is 1. The molecular weight excluding hydrogens is 268 g/mol. The van der Waals surface area contributed by atoms with Crippen LogP contribution in [0.25, 0.3) is 5.65 Å². The second-order valence-corrected chi connectivity index (χ2v) is 4.59. The summed E-state index contributed by atoms with van der Waals surface area (Å²) < 4.78 is 6.72. The highest BCUT2D eigenvalue weighted by Crippen LogP contribution is 2.17. The van der Waals surface area contributed by atoms with E-state index in [9.17, 15) is 4.79 Å². The Bertz CT molecular complexity index is 810. The van der Waals surface area contributed by atoms with Crippen LogP contribution in [0.1, 0.15) is 16.2 Å².